The second-order valence-electron chi connectivity index (χ2n) is 3.02. The normalized spacial score (nSPS) is 10.6. The van der Waals surface area contributed by atoms with Crippen molar-refractivity contribution in [1.29, 1.82) is 0 Å². The fraction of sp³-hybridized carbons (Fsp3) is 0.100. The van der Waals surface area contributed by atoms with E-state index in [-0.39, 0.29) is 0 Å². The zero-order valence-corrected chi connectivity index (χ0v) is 8.80. The summed E-state index contributed by atoms with van der Waals surface area (Å²) in [5, 5.41) is 2.22. The van der Waals surface area contributed by atoms with E-state index in [1.807, 2.05) is 19.2 Å². The summed E-state index contributed by atoms with van der Waals surface area (Å²) in [6.45, 7) is 2.00. The third-order valence-electron chi connectivity index (χ3n) is 2.12. The van der Waals surface area contributed by atoms with Crippen LogP contribution in [0.4, 0.5) is 5.69 Å². The van der Waals surface area contributed by atoms with Crippen LogP contribution in [0.15, 0.2) is 29.0 Å². The molecule has 2 rings (SSSR count). The second kappa shape index (κ2) is 3.00. The molecule has 0 bridgehead atoms. The lowest BCUT2D eigenvalue weighted by molar-refractivity contribution is 1.35. The van der Waals surface area contributed by atoms with Gasteiger partial charge in [0, 0.05) is 23.5 Å². The number of rotatable bonds is 0. The number of anilines is 1. The van der Waals surface area contributed by atoms with E-state index in [1.165, 1.54) is 0 Å². The number of benzene rings is 1. The van der Waals surface area contributed by atoms with Gasteiger partial charge in [0.2, 0.25) is 0 Å². The van der Waals surface area contributed by atoms with E-state index in [0.717, 1.165) is 26.5 Å². The van der Waals surface area contributed by atoms with Gasteiger partial charge in [0.25, 0.3) is 0 Å². The Bertz CT molecular complexity index is 466. The van der Waals surface area contributed by atoms with Crippen molar-refractivity contribution in [3.63, 3.8) is 0 Å². The van der Waals surface area contributed by atoms with Crippen LogP contribution in [0.1, 0.15) is 5.56 Å². The van der Waals surface area contributed by atoms with Gasteiger partial charge in [0.05, 0.1) is 4.47 Å². The molecule has 2 N–H and O–H groups in total. The smallest absolute Gasteiger partial charge is 0.0501 e. The van der Waals surface area contributed by atoms with Crippen molar-refractivity contribution >= 4 is 32.4 Å². The summed E-state index contributed by atoms with van der Waals surface area (Å²) in [5.74, 6) is 0. The van der Waals surface area contributed by atoms with E-state index < -0.39 is 0 Å². The molecule has 0 aliphatic rings. The average molecular weight is 237 g/mol. The van der Waals surface area contributed by atoms with Gasteiger partial charge in [-0.15, -0.1) is 0 Å². The minimum absolute atomic E-state index is 0.792. The number of aryl methyl sites for hydroxylation is 1. The zero-order chi connectivity index (χ0) is 9.42. The molecule has 2 aromatic rings. The summed E-state index contributed by atoms with van der Waals surface area (Å²) in [7, 11) is 0. The first-order valence-corrected chi connectivity index (χ1v) is 4.78. The average Bonchev–Trinajstić information content (AvgIpc) is 2.15. The maximum Gasteiger partial charge on any atom is 0.0501 e. The molecule has 1 aromatic heterocycles. The second-order valence-corrected chi connectivity index (χ2v) is 3.81. The number of fused-ring (bicyclic) bond motifs is 1. The molecule has 0 aliphatic heterocycles. The topological polar surface area (TPSA) is 38.9 Å². The summed E-state index contributed by atoms with van der Waals surface area (Å²) in [6.07, 6.45) is 3.60. The molecule has 0 saturated carbocycles. The highest BCUT2D eigenvalue weighted by Crippen LogP contribution is 2.31. The summed E-state index contributed by atoms with van der Waals surface area (Å²) in [6, 6.07) is 4.05. The number of aromatic nitrogens is 1. The van der Waals surface area contributed by atoms with E-state index in [1.54, 1.807) is 6.20 Å². The van der Waals surface area contributed by atoms with Gasteiger partial charge in [-0.25, -0.2) is 0 Å². The van der Waals surface area contributed by atoms with Gasteiger partial charge in [0.15, 0.2) is 0 Å². The van der Waals surface area contributed by atoms with E-state index in [4.69, 9.17) is 5.73 Å². The van der Waals surface area contributed by atoms with E-state index >= 15 is 0 Å². The SMILES string of the molecule is Cc1cc2ccncc2c(Br)c1N. The van der Waals surface area contributed by atoms with E-state index in [9.17, 15) is 0 Å². The molecule has 66 valence electrons. The Kier molecular flexibility index (Phi) is 1.96. The number of halogens is 1. The molecule has 0 radical (unpaired) electrons. The molecule has 0 spiro atoms. The van der Waals surface area contributed by atoms with Gasteiger partial charge in [-0.05, 0) is 45.9 Å². The van der Waals surface area contributed by atoms with Crippen molar-refractivity contribution in [1.82, 2.24) is 4.98 Å². The van der Waals surface area contributed by atoms with Crippen molar-refractivity contribution in [2.75, 3.05) is 5.73 Å². The molecule has 0 fully saturated rings. The quantitative estimate of drug-likeness (QED) is 0.715. The van der Waals surface area contributed by atoms with Crippen LogP contribution < -0.4 is 5.73 Å². The van der Waals surface area contributed by atoms with Gasteiger partial charge in [0.1, 0.15) is 0 Å². The van der Waals surface area contributed by atoms with Crippen molar-refractivity contribution in [3.05, 3.63) is 34.6 Å². The first-order chi connectivity index (χ1) is 6.20. The van der Waals surface area contributed by atoms with Crippen LogP contribution in [-0.4, -0.2) is 4.98 Å². The first-order valence-electron chi connectivity index (χ1n) is 3.98. The largest absolute Gasteiger partial charge is 0.398 e. The molecule has 13 heavy (non-hydrogen) atoms. The highest BCUT2D eigenvalue weighted by molar-refractivity contribution is 9.10. The first kappa shape index (κ1) is 8.51. The fourth-order valence-corrected chi connectivity index (χ4v) is 1.99. The van der Waals surface area contributed by atoms with E-state index in [0.29, 0.717) is 0 Å². The Morgan fingerprint density at radius 3 is 3.00 bits per heavy atom. The molecule has 3 heteroatoms. The van der Waals surface area contributed by atoms with Gasteiger partial charge in [-0.1, -0.05) is 0 Å². The lowest BCUT2D eigenvalue weighted by Gasteiger charge is -2.06. The molecule has 1 heterocycles. The third kappa shape index (κ3) is 1.29. The van der Waals surface area contributed by atoms with Crippen molar-refractivity contribution in [3.8, 4) is 0 Å². The van der Waals surface area contributed by atoms with Crippen LogP contribution in [0.2, 0.25) is 0 Å². The molecule has 2 nitrogen and oxygen atoms in total. The predicted molar refractivity (Wildman–Crippen MR) is 58.6 cm³/mol. The van der Waals surface area contributed by atoms with Crippen molar-refractivity contribution in [2.45, 2.75) is 6.92 Å². The Morgan fingerprint density at radius 2 is 2.23 bits per heavy atom. The number of pyridine rings is 1. The number of nitrogens with zero attached hydrogens (tertiary/aromatic N) is 1. The number of nitrogen functional groups attached to an aromatic ring is 1. The number of nitrogens with two attached hydrogens (primary N) is 1. The van der Waals surface area contributed by atoms with Crippen molar-refractivity contribution < 1.29 is 0 Å². The Morgan fingerprint density at radius 1 is 1.46 bits per heavy atom. The van der Waals surface area contributed by atoms with Gasteiger partial charge < -0.3 is 5.73 Å². The summed E-state index contributed by atoms with van der Waals surface area (Å²) in [4.78, 5) is 4.06. The molecular weight excluding hydrogens is 228 g/mol. The van der Waals surface area contributed by atoms with Crippen molar-refractivity contribution in [2.24, 2.45) is 0 Å². The number of hydrogen-bond acceptors (Lipinski definition) is 2. The van der Waals surface area contributed by atoms with Crippen LogP contribution in [0.3, 0.4) is 0 Å². The van der Waals surface area contributed by atoms with Crippen LogP contribution in [-0.2, 0) is 0 Å². The standard InChI is InChI=1S/C10H9BrN2/c1-6-4-7-2-3-13-5-8(7)9(11)10(6)12/h2-5H,12H2,1H3. The zero-order valence-electron chi connectivity index (χ0n) is 7.21. The van der Waals surface area contributed by atoms with Gasteiger partial charge >= 0.3 is 0 Å². The maximum absolute atomic E-state index is 5.87. The number of hydrogen-bond donors (Lipinski definition) is 1. The Labute approximate surface area is 84.9 Å². The highest BCUT2D eigenvalue weighted by Gasteiger charge is 2.04. The fourth-order valence-electron chi connectivity index (χ4n) is 1.34. The molecule has 0 aliphatic carbocycles. The summed E-state index contributed by atoms with van der Waals surface area (Å²) >= 11 is 3.47. The molecule has 1 aromatic carbocycles. The van der Waals surface area contributed by atoms with Gasteiger partial charge in [-0.2, -0.15) is 0 Å². The van der Waals surface area contributed by atoms with Crippen LogP contribution >= 0.6 is 15.9 Å². The Balaban J connectivity index is 2.94. The van der Waals surface area contributed by atoms with Crippen LogP contribution in [0.25, 0.3) is 10.8 Å². The maximum atomic E-state index is 5.87. The molecular formula is C10H9BrN2. The minimum Gasteiger partial charge on any atom is -0.398 e. The molecule has 0 amide bonds. The minimum atomic E-state index is 0.792. The monoisotopic (exact) mass is 236 g/mol. The summed E-state index contributed by atoms with van der Waals surface area (Å²) < 4.78 is 0.940. The van der Waals surface area contributed by atoms with E-state index in [2.05, 4.69) is 27.0 Å². The molecule has 0 saturated heterocycles. The molecule has 0 unspecified atom stereocenters. The summed E-state index contributed by atoms with van der Waals surface area (Å²) in [5.41, 5.74) is 7.75. The van der Waals surface area contributed by atoms with Crippen LogP contribution in [0.5, 0.6) is 0 Å². The predicted octanol–water partition coefficient (Wildman–Crippen LogP) is 2.89. The van der Waals surface area contributed by atoms with Crippen LogP contribution in [0, 0.1) is 6.92 Å². The lowest BCUT2D eigenvalue weighted by atomic mass is 10.1. The highest BCUT2D eigenvalue weighted by atomic mass is 79.9. The lowest BCUT2D eigenvalue weighted by Crippen LogP contribution is -1.92. The molecule has 0 atom stereocenters. The third-order valence-corrected chi connectivity index (χ3v) is 2.98. The Hall–Kier alpha value is -1.09. The van der Waals surface area contributed by atoms with Gasteiger partial charge in [-0.3, -0.25) is 4.98 Å².